The Hall–Kier alpha value is -1.22. The van der Waals surface area contributed by atoms with Crippen molar-refractivity contribution >= 4 is 59.5 Å². The van der Waals surface area contributed by atoms with Crippen LogP contribution in [0, 0.1) is 0 Å². The number of nitrogens with zero attached hydrogens (tertiary/aromatic N) is 1. The molecule has 4 rings (SSSR count). The molecule has 1 saturated carbocycles. The van der Waals surface area contributed by atoms with Gasteiger partial charge >= 0.3 is 0 Å². The van der Waals surface area contributed by atoms with E-state index in [-0.39, 0.29) is 24.8 Å². The third-order valence-corrected chi connectivity index (χ3v) is 4.99. The van der Waals surface area contributed by atoms with E-state index in [0.717, 1.165) is 16.2 Å². The normalized spacial score (nSPS) is 16.5. The molecule has 1 aliphatic carbocycles. The van der Waals surface area contributed by atoms with Gasteiger partial charge in [0, 0.05) is 28.4 Å². The van der Waals surface area contributed by atoms with Gasteiger partial charge in [0.25, 0.3) is 0 Å². The van der Waals surface area contributed by atoms with Gasteiger partial charge in [-0.1, -0.05) is 30.9 Å². The average Bonchev–Trinajstić information content (AvgIpc) is 2.78. The van der Waals surface area contributed by atoms with Crippen LogP contribution in [-0.2, 0) is 0 Å². The van der Waals surface area contributed by atoms with Crippen LogP contribution < -0.4 is 5.32 Å². The lowest BCUT2D eigenvalue weighted by atomic mass is 9.80. The fraction of sp³-hybridized carbons (Fsp3) is 0.316. The Kier molecular flexibility index (Phi) is 6.56. The van der Waals surface area contributed by atoms with Crippen LogP contribution >= 0.6 is 36.4 Å². The van der Waals surface area contributed by atoms with Crippen molar-refractivity contribution in [2.75, 3.05) is 0 Å². The van der Waals surface area contributed by atoms with Gasteiger partial charge in [0.1, 0.15) is 0 Å². The van der Waals surface area contributed by atoms with Gasteiger partial charge in [0.15, 0.2) is 0 Å². The number of pyridine rings is 1. The number of benzene rings is 1. The zero-order valence-electron chi connectivity index (χ0n) is 13.3. The molecule has 0 unspecified atom stereocenters. The Balaban J connectivity index is 0.00000104. The third kappa shape index (κ3) is 3.56. The molecule has 2 aromatic rings. The quantitative estimate of drug-likeness (QED) is 0.623. The highest BCUT2D eigenvalue weighted by atomic mass is 35.5. The maximum Gasteiger partial charge on any atom is 0.0727 e. The van der Waals surface area contributed by atoms with Gasteiger partial charge in [-0.3, -0.25) is 0 Å². The van der Waals surface area contributed by atoms with Crippen LogP contribution in [0.5, 0.6) is 0 Å². The van der Waals surface area contributed by atoms with Gasteiger partial charge in [0.2, 0.25) is 0 Å². The fourth-order valence-electron chi connectivity index (χ4n) is 3.74. The van der Waals surface area contributed by atoms with Crippen molar-refractivity contribution in [2.24, 2.45) is 0 Å². The minimum Gasteiger partial charge on any atom is -0.368 e. The Morgan fingerprint density at radius 3 is 2.54 bits per heavy atom. The molecule has 0 saturated heterocycles. The first-order valence-corrected chi connectivity index (χ1v) is 8.43. The van der Waals surface area contributed by atoms with Crippen LogP contribution in [0.4, 0.5) is 0 Å². The van der Waals surface area contributed by atoms with E-state index < -0.39 is 0 Å². The van der Waals surface area contributed by atoms with E-state index >= 15 is 0 Å². The van der Waals surface area contributed by atoms with Crippen LogP contribution in [0.1, 0.15) is 54.8 Å². The van der Waals surface area contributed by atoms with Crippen LogP contribution in [-0.4, -0.2) is 4.98 Å². The lowest BCUT2D eigenvalue weighted by molar-refractivity contribution is 0.445. The summed E-state index contributed by atoms with van der Waals surface area (Å²) >= 11 is 6.27. The minimum absolute atomic E-state index is 0. The maximum absolute atomic E-state index is 6.27. The number of hydrogen-bond acceptors (Lipinski definition) is 2. The lowest BCUT2D eigenvalue weighted by Gasteiger charge is -2.26. The smallest absolute Gasteiger partial charge is 0.0727 e. The number of nitrogens with one attached hydrogen (secondary N) is 1. The molecule has 0 bridgehead atoms. The predicted molar refractivity (Wildman–Crippen MR) is 108 cm³/mol. The second-order valence-electron chi connectivity index (χ2n) is 6.15. The topological polar surface area (TPSA) is 24.9 Å². The largest absolute Gasteiger partial charge is 0.368 e. The summed E-state index contributed by atoms with van der Waals surface area (Å²) in [4.78, 5) is 4.84. The van der Waals surface area contributed by atoms with Gasteiger partial charge < -0.3 is 5.32 Å². The maximum atomic E-state index is 6.27. The molecule has 128 valence electrons. The average molecular weight is 384 g/mol. The summed E-state index contributed by atoms with van der Waals surface area (Å²) in [7, 11) is 0. The zero-order valence-corrected chi connectivity index (χ0v) is 15.7. The molecule has 2 nitrogen and oxygen atoms in total. The van der Waals surface area contributed by atoms with Crippen molar-refractivity contribution in [3.05, 3.63) is 52.4 Å². The first-order chi connectivity index (χ1) is 10.8. The van der Waals surface area contributed by atoms with Crippen LogP contribution in [0.25, 0.3) is 23.1 Å². The minimum atomic E-state index is 0. The first kappa shape index (κ1) is 19.1. The molecule has 24 heavy (non-hydrogen) atoms. The highest BCUT2D eigenvalue weighted by Crippen LogP contribution is 2.40. The van der Waals surface area contributed by atoms with E-state index in [1.54, 1.807) is 0 Å². The molecule has 0 radical (unpaired) electrons. The molecule has 1 aromatic carbocycles. The summed E-state index contributed by atoms with van der Waals surface area (Å²) in [5.41, 5.74) is 4.79. The van der Waals surface area contributed by atoms with Gasteiger partial charge in [-0.15, -0.1) is 24.8 Å². The number of rotatable bonds is 1. The molecule has 5 heteroatoms. The molecule has 1 fully saturated rings. The highest BCUT2D eigenvalue weighted by molar-refractivity contribution is 6.31. The molecule has 0 amide bonds. The second kappa shape index (κ2) is 8.24. The van der Waals surface area contributed by atoms with Crippen molar-refractivity contribution in [3.8, 4) is 0 Å². The third-order valence-electron chi connectivity index (χ3n) is 4.75. The molecule has 1 aromatic heterocycles. The molecule has 2 aliphatic rings. The summed E-state index contributed by atoms with van der Waals surface area (Å²) in [6.45, 7) is 0. The summed E-state index contributed by atoms with van der Waals surface area (Å²) in [6, 6.07) is 6.06. The Labute approximate surface area is 160 Å². The van der Waals surface area contributed by atoms with Crippen molar-refractivity contribution in [3.63, 3.8) is 0 Å². The van der Waals surface area contributed by atoms with Gasteiger partial charge in [-0.25, -0.2) is 4.98 Å². The summed E-state index contributed by atoms with van der Waals surface area (Å²) in [5.74, 6) is 0.614. The predicted octanol–water partition coefficient (Wildman–Crippen LogP) is 6.32. The molecule has 2 heterocycles. The Morgan fingerprint density at radius 2 is 1.75 bits per heavy atom. The van der Waals surface area contributed by atoms with Gasteiger partial charge in [-0.05, 0) is 54.7 Å². The first-order valence-electron chi connectivity index (χ1n) is 8.05. The highest BCUT2D eigenvalue weighted by Gasteiger charge is 2.23. The standard InChI is InChI=1S/C19H19ClN2.2ClH/c20-14-6-7-17-16(12-14)19(13-4-2-1-3-5-13)15-8-10-21-11-9-18(15)22-17;;/h6-13,21H,1-5H2;2*1H. The summed E-state index contributed by atoms with van der Waals surface area (Å²) in [5, 5.41) is 5.17. The Morgan fingerprint density at radius 1 is 1.00 bits per heavy atom. The van der Waals surface area contributed by atoms with E-state index in [1.165, 1.54) is 48.6 Å². The lowest BCUT2D eigenvalue weighted by Crippen LogP contribution is -2.09. The van der Waals surface area contributed by atoms with Crippen molar-refractivity contribution in [1.82, 2.24) is 10.3 Å². The molecular formula is C19H21Cl3N2. The number of halogens is 3. The van der Waals surface area contributed by atoms with Crippen molar-refractivity contribution in [1.29, 1.82) is 0 Å². The van der Waals surface area contributed by atoms with E-state index in [1.807, 2.05) is 24.5 Å². The number of hydrogen-bond donors (Lipinski definition) is 1. The van der Waals surface area contributed by atoms with E-state index in [9.17, 15) is 0 Å². The van der Waals surface area contributed by atoms with Gasteiger partial charge in [0.05, 0.1) is 11.2 Å². The zero-order chi connectivity index (χ0) is 14.9. The monoisotopic (exact) mass is 382 g/mol. The van der Waals surface area contributed by atoms with Crippen LogP contribution in [0.2, 0.25) is 5.02 Å². The SMILES string of the molecule is Cl.Cl.Clc1ccc2nc3c(c(C4CCCCC4)c2c1)C=CNC=C3. The van der Waals surface area contributed by atoms with Crippen molar-refractivity contribution < 1.29 is 0 Å². The summed E-state index contributed by atoms with van der Waals surface area (Å²) < 4.78 is 0. The number of fused-ring (bicyclic) bond motifs is 2. The van der Waals surface area contributed by atoms with Gasteiger partial charge in [-0.2, -0.15) is 0 Å². The van der Waals surface area contributed by atoms with E-state index in [0.29, 0.717) is 5.92 Å². The Bertz CT molecular complexity index is 778. The van der Waals surface area contributed by atoms with Crippen molar-refractivity contribution in [2.45, 2.75) is 38.0 Å². The van der Waals surface area contributed by atoms with E-state index in [2.05, 4.69) is 23.5 Å². The second-order valence-corrected chi connectivity index (χ2v) is 6.59. The number of aromatic nitrogens is 1. The van der Waals surface area contributed by atoms with Crippen LogP contribution in [0.3, 0.4) is 0 Å². The molecule has 1 aliphatic heterocycles. The fourth-order valence-corrected chi connectivity index (χ4v) is 3.91. The van der Waals surface area contributed by atoms with E-state index in [4.69, 9.17) is 16.6 Å². The molecular weight excluding hydrogens is 363 g/mol. The molecule has 1 N–H and O–H groups in total. The summed E-state index contributed by atoms with van der Waals surface area (Å²) in [6.07, 6.45) is 14.7. The molecule has 0 spiro atoms. The molecule has 0 atom stereocenters. The van der Waals surface area contributed by atoms with Crippen LogP contribution in [0.15, 0.2) is 30.6 Å².